The number of nitro groups is 1. The number of ether oxygens (including phenoxy) is 1. The normalized spacial score (nSPS) is 11.7. The fourth-order valence-electron chi connectivity index (χ4n) is 2.50. The fourth-order valence-corrected chi connectivity index (χ4v) is 2.50. The number of carbonyl (C=O) groups is 1. The van der Waals surface area contributed by atoms with Crippen LogP contribution in [-0.2, 0) is 16.1 Å². The number of rotatable bonds is 7. The molecule has 3 rings (SSSR count). The number of hydrogen-bond acceptors (Lipinski definition) is 7. The van der Waals surface area contributed by atoms with Gasteiger partial charge in [0, 0.05) is 17.7 Å². The molecule has 0 aliphatic carbocycles. The van der Waals surface area contributed by atoms with Gasteiger partial charge in [0.25, 0.3) is 11.6 Å². The van der Waals surface area contributed by atoms with E-state index in [1.807, 2.05) is 37.3 Å². The zero-order chi connectivity index (χ0) is 19.2. The van der Waals surface area contributed by atoms with Crippen molar-refractivity contribution in [2.45, 2.75) is 25.9 Å². The van der Waals surface area contributed by atoms with E-state index in [0.29, 0.717) is 5.56 Å². The highest BCUT2D eigenvalue weighted by molar-refractivity contribution is 5.70. The number of hydrogen-bond donors (Lipinski definition) is 0. The molecule has 0 unspecified atom stereocenters. The molecule has 0 radical (unpaired) electrons. The summed E-state index contributed by atoms with van der Waals surface area (Å²) in [5, 5.41) is 18.4. The zero-order valence-electron chi connectivity index (χ0n) is 14.6. The summed E-state index contributed by atoms with van der Waals surface area (Å²) in [5.74, 6) is 0.0381. The first-order chi connectivity index (χ1) is 13.0. The minimum absolute atomic E-state index is 0.0278. The van der Waals surface area contributed by atoms with Crippen LogP contribution in [0, 0.1) is 10.1 Å². The van der Waals surface area contributed by atoms with Gasteiger partial charge in [-0.25, -0.2) is 0 Å². The molecule has 3 aromatic rings. The van der Waals surface area contributed by atoms with Crippen molar-refractivity contribution in [3.63, 3.8) is 0 Å². The summed E-state index contributed by atoms with van der Waals surface area (Å²) in [7, 11) is 0. The monoisotopic (exact) mass is 367 g/mol. The van der Waals surface area contributed by atoms with Crippen LogP contribution in [0.1, 0.15) is 30.7 Å². The SMILES string of the molecule is C[C@H](CC(=O)OCc1nnc(-c2ccc([N+](=O)[O-])cc2)o1)c1ccccc1. The largest absolute Gasteiger partial charge is 0.456 e. The summed E-state index contributed by atoms with van der Waals surface area (Å²) in [5.41, 5.74) is 1.58. The molecule has 0 amide bonds. The van der Waals surface area contributed by atoms with E-state index in [-0.39, 0.29) is 42.4 Å². The van der Waals surface area contributed by atoms with Crippen molar-refractivity contribution in [2.75, 3.05) is 0 Å². The van der Waals surface area contributed by atoms with Crippen molar-refractivity contribution < 1.29 is 18.9 Å². The third-order valence-electron chi connectivity index (χ3n) is 3.99. The minimum atomic E-state index is -0.487. The molecule has 8 heteroatoms. The van der Waals surface area contributed by atoms with Crippen LogP contribution in [0.3, 0.4) is 0 Å². The second-order valence-electron chi connectivity index (χ2n) is 5.98. The third-order valence-corrected chi connectivity index (χ3v) is 3.99. The van der Waals surface area contributed by atoms with Crippen molar-refractivity contribution in [1.82, 2.24) is 10.2 Å². The molecular weight excluding hydrogens is 350 g/mol. The topological polar surface area (TPSA) is 108 Å². The number of non-ortho nitro benzene ring substituents is 1. The van der Waals surface area contributed by atoms with Crippen LogP contribution in [0.4, 0.5) is 5.69 Å². The Hall–Kier alpha value is -3.55. The second kappa shape index (κ2) is 8.22. The number of nitrogens with zero attached hydrogens (tertiary/aromatic N) is 3. The molecule has 0 N–H and O–H groups in total. The molecule has 0 bridgehead atoms. The lowest BCUT2D eigenvalue weighted by molar-refractivity contribution is -0.384. The highest BCUT2D eigenvalue weighted by Crippen LogP contribution is 2.22. The van der Waals surface area contributed by atoms with Crippen LogP contribution in [0.5, 0.6) is 0 Å². The lowest BCUT2D eigenvalue weighted by Crippen LogP contribution is -2.08. The number of aromatic nitrogens is 2. The van der Waals surface area contributed by atoms with Gasteiger partial charge in [0.1, 0.15) is 0 Å². The average molecular weight is 367 g/mol. The predicted molar refractivity (Wildman–Crippen MR) is 95.7 cm³/mol. The lowest BCUT2D eigenvalue weighted by Gasteiger charge is -2.10. The summed E-state index contributed by atoms with van der Waals surface area (Å²) in [4.78, 5) is 22.2. The van der Waals surface area contributed by atoms with Gasteiger partial charge in [-0.1, -0.05) is 37.3 Å². The molecule has 0 saturated carbocycles. The molecule has 8 nitrogen and oxygen atoms in total. The second-order valence-corrected chi connectivity index (χ2v) is 5.98. The predicted octanol–water partition coefficient (Wildman–Crippen LogP) is 3.88. The van der Waals surface area contributed by atoms with E-state index in [1.165, 1.54) is 24.3 Å². The van der Waals surface area contributed by atoms with Gasteiger partial charge in [-0.05, 0) is 23.6 Å². The summed E-state index contributed by atoms with van der Waals surface area (Å²) >= 11 is 0. The Morgan fingerprint density at radius 3 is 2.52 bits per heavy atom. The summed E-state index contributed by atoms with van der Waals surface area (Å²) < 4.78 is 10.6. The minimum Gasteiger partial charge on any atom is -0.456 e. The van der Waals surface area contributed by atoms with Gasteiger partial charge < -0.3 is 9.15 Å². The number of carbonyl (C=O) groups excluding carboxylic acids is 1. The van der Waals surface area contributed by atoms with Crippen LogP contribution in [0.15, 0.2) is 59.0 Å². The fraction of sp³-hybridized carbons (Fsp3) is 0.211. The van der Waals surface area contributed by atoms with Gasteiger partial charge in [0.2, 0.25) is 5.89 Å². The highest BCUT2D eigenvalue weighted by Gasteiger charge is 2.15. The quantitative estimate of drug-likeness (QED) is 0.354. The lowest BCUT2D eigenvalue weighted by atomic mass is 9.98. The first kappa shape index (κ1) is 18.2. The van der Waals surface area contributed by atoms with Gasteiger partial charge in [0.15, 0.2) is 6.61 Å². The molecule has 138 valence electrons. The molecule has 0 spiro atoms. The van der Waals surface area contributed by atoms with Crippen molar-refractivity contribution in [1.29, 1.82) is 0 Å². The van der Waals surface area contributed by atoms with Crippen LogP contribution < -0.4 is 0 Å². The maximum atomic E-state index is 12.0. The number of benzene rings is 2. The molecule has 2 aromatic carbocycles. The standard InChI is InChI=1S/C19H17N3O5/c1-13(14-5-3-2-4-6-14)11-18(23)26-12-17-20-21-19(27-17)15-7-9-16(10-8-15)22(24)25/h2-10,13H,11-12H2,1H3/t13-/m1/s1. The Balaban J connectivity index is 1.54. The molecule has 1 heterocycles. The Morgan fingerprint density at radius 1 is 1.15 bits per heavy atom. The molecule has 0 saturated heterocycles. The maximum absolute atomic E-state index is 12.0. The molecular formula is C19H17N3O5. The number of nitro benzene ring substituents is 1. The van der Waals surface area contributed by atoms with Crippen molar-refractivity contribution in [3.8, 4) is 11.5 Å². The van der Waals surface area contributed by atoms with E-state index < -0.39 is 4.92 Å². The molecule has 27 heavy (non-hydrogen) atoms. The Kier molecular flexibility index (Phi) is 5.55. The number of esters is 1. The van der Waals surface area contributed by atoms with E-state index in [2.05, 4.69) is 10.2 Å². The first-order valence-corrected chi connectivity index (χ1v) is 8.30. The zero-order valence-corrected chi connectivity index (χ0v) is 14.6. The summed E-state index contributed by atoms with van der Waals surface area (Å²) in [6.45, 7) is 1.83. The molecule has 1 aromatic heterocycles. The van der Waals surface area contributed by atoms with E-state index in [0.717, 1.165) is 5.56 Å². The molecule has 0 aliphatic heterocycles. The average Bonchev–Trinajstić information content (AvgIpc) is 3.16. The van der Waals surface area contributed by atoms with E-state index in [4.69, 9.17) is 9.15 Å². The van der Waals surface area contributed by atoms with Gasteiger partial charge in [-0.2, -0.15) is 0 Å². The highest BCUT2D eigenvalue weighted by atomic mass is 16.6. The van der Waals surface area contributed by atoms with Crippen LogP contribution in [0.2, 0.25) is 0 Å². The Morgan fingerprint density at radius 2 is 1.85 bits per heavy atom. The van der Waals surface area contributed by atoms with Crippen molar-refractivity contribution in [3.05, 3.63) is 76.2 Å². The van der Waals surface area contributed by atoms with E-state index in [9.17, 15) is 14.9 Å². The van der Waals surface area contributed by atoms with Crippen LogP contribution in [0.25, 0.3) is 11.5 Å². The van der Waals surface area contributed by atoms with Gasteiger partial charge in [-0.15, -0.1) is 10.2 Å². The molecule has 0 aliphatic rings. The van der Waals surface area contributed by atoms with Gasteiger partial charge in [-0.3, -0.25) is 14.9 Å². The van der Waals surface area contributed by atoms with Gasteiger partial charge in [0.05, 0.1) is 11.3 Å². The Labute approximate surface area is 155 Å². The molecule has 1 atom stereocenters. The van der Waals surface area contributed by atoms with E-state index >= 15 is 0 Å². The smallest absolute Gasteiger partial charge is 0.306 e. The van der Waals surface area contributed by atoms with Crippen LogP contribution >= 0.6 is 0 Å². The summed E-state index contributed by atoms with van der Waals surface area (Å²) in [6, 6.07) is 15.4. The summed E-state index contributed by atoms with van der Waals surface area (Å²) in [6.07, 6.45) is 0.243. The maximum Gasteiger partial charge on any atom is 0.306 e. The molecule has 0 fully saturated rings. The Bertz CT molecular complexity index is 922. The first-order valence-electron chi connectivity index (χ1n) is 8.30. The van der Waals surface area contributed by atoms with E-state index in [1.54, 1.807) is 0 Å². The van der Waals surface area contributed by atoms with Crippen LogP contribution in [-0.4, -0.2) is 21.1 Å². The van der Waals surface area contributed by atoms with Crippen molar-refractivity contribution in [2.24, 2.45) is 0 Å². The van der Waals surface area contributed by atoms with Gasteiger partial charge >= 0.3 is 5.97 Å². The third kappa shape index (κ3) is 4.75. The van der Waals surface area contributed by atoms with Crippen molar-refractivity contribution >= 4 is 11.7 Å².